The predicted octanol–water partition coefficient (Wildman–Crippen LogP) is 4.29. The van der Waals surface area contributed by atoms with E-state index < -0.39 is 0 Å². The van der Waals surface area contributed by atoms with Crippen LogP contribution in [0.15, 0.2) is 90.5 Å². The fourth-order valence-electron chi connectivity index (χ4n) is 3.22. The Morgan fingerprint density at radius 1 is 0.862 bits per heavy atom. The van der Waals surface area contributed by atoms with E-state index in [-0.39, 0.29) is 24.1 Å². The van der Waals surface area contributed by atoms with Crippen LogP contribution in [0.2, 0.25) is 0 Å². The molecule has 1 heterocycles. The molecule has 5 nitrogen and oxygen atoms in total. The van der Waals surface area contributed by atoms with E-state index in [2.05, 4.69) is 5.32 Å². The summed E-state index contributed by atoms with van der Waals surface area (Å²) in [6.45, 7) is 0. The Morgan fingerprint density at radius 2 is 1.55 bits per heavy atom. The van der Waals surface area contributed by atoms with Gasteiger partial charge in [0.15, 0.2) is 0 Å². The van der Waals surface area contributed by atoms with Crippen molar-refractivity contribution in [2.75, 3.05) is 10.2 Å². The molecule has 3 aromatic carbocycles. The van der Waals surface area contributed by atoms with Gasteiger partial charge in [0.2, 0.25) is 5.91 Å². The molecule has 1 aliphatic heterocycles. The molecule has 1 N–H and O–H groups in total. The van der Waals surface area contributed by atoms with Gasteiger partial charge in [-0.25, -0.2) is 4.90 Å². The average molecular weight is 382 g/mol. The highest BCUT2D eigenvalue weighted by molar-refractivity contribution is 6.29. The Morgan fingerprint density at radius 3 is 2.28 bits per heavy atom. The lowest BCUT2D eigenvalue weighted by Crippen LogP contribution is -2.28. The molecule has 0 saturated carbocycles. The van der Waals surface area contributed by atoms with E-state index in [1.54, 1.807) is 54.6 Å². The summed E-state index contributed by atoms with van der Waals surface area (Å²) in [5, 5.41) is 2.83. The zero-order valence-corrected chi connectivity index (χ0v) is 15.5. The van der Waals surface area contributed by atoms with E-state index in [1.165, 1.54) is 4.90 Å². The first-order valence-corrected chi connectivity index (χ1v) is 9.21. The second kappa shape index (κ2) is 7.94. The van der Waals surface area contributed by atoms with Gasteiger partial charge in [-0.05, 0) is 48.0 Å². The lowest BCUT2D eigenvalue weighted by Gasteiger charge is -2.12. The van der Waals surface area contributed by atoms with Crippen molar-refractivity contribution in [1.82, 2.24) is 0 Å². The van der Waals surface area contributed by atoms with Crippen molar-refractivity contribution in [3.8, 4) is 0 Å². The monoisotopic (exact) mass is 382 g/mol. The Bertz CT molecular complexity index is 1110. The van der Waals surface area contributed by atoms with Crippen LogP contribution >= 0.6 is 0 Å². The smallest absolute Gasteiger partial charge is 0.261 e. The molecule has 29 heavy (non-hydrogen) atoms. The maximum atomic E-state index is 12.7. The summed E-state index contributed by atoms with van der Waals surface area (Å²) in [5.41, 5.74) is 2.83. The lowest BCUT2D eigenvalue weighted by atomic mass is 10.1. The molecule has 0 radical (unpaired) electrons. The number of rotatable bonds is 4. The third-order valence-electron chi connectivity index (χ3n) is 4.60. The normalized spacial score (nSPS) is 15.0. The predicted molar refractivity (Wildman–Crippen MR) is 112 cm³/mol. The minimum absolute atomic E-state index is 0.0359. The van der Waals surface area contributed by atoms with Gasteiger partial charge >= 0.3 is 0 Å². The highest BCUT2D eigenvalue weighted by Gasteiger charge is 2.34. The molecule has 3 amide bonds. The van der Waals surface area contributed by atoms with Crippen molar-refractivity contribution in [3.05, 3.63) is 102 Å². The highest BCUT2D eigenvalue weighted by atomic mass is 16.2. The number of hydrogen-bond donors (Lipinski definition) is 1. The largest absolute Gasteiger partial charge is 0.322 e. The van der Waals surface area contributed by atoms with Crippen molar-refractivity contribution in [2.45, 2.75) is 6.42 Å². The standard InChI is InChI=1S/C24H18N2O3/c27-22-16-19(24(29)26(22)21-12-5-2-6-13-21)15-17-8-7-9-18(14-17)23(28)25-20-10-3-1-4-11-20/h1-15H,16H2,(H,25,28)/b19-15+. The van der Waals surface area contributed by atoms with Crippen LogP contribution < -0.4 is 10.2 Å². The number of amides is 3. The van der Waals surface area contributed by atoms with Crippen LogP contribution in [0.25, 0.3) is 6.08 Å². The van der Waals surface area contributed by atoms with Crippen molar-refractivity contribution in [1.29, 1.82) is 0 Å². The first-order chi connectivity index (χ1) is 14.1. The molecule has 1 fully saturated rings. The number of nitrogens with one attached hydrogen (secondary N) is 1. The first-order valence-electron chi connectivity index (χ1n) is 9.21. The average Bonchev–Trinajstić information content (AvgIpc) is 3.02. The summed E-state index contributed by atoms with van der Waals surface area (Å²) < 4.78 is 0. The van der Waals surface area contributed by atoms with Crippen molar-refractivity contribution >= 4 is 35.2 Å². The zero-order chi connectivity index (χ0) is 20.2. The number of carbonyl (C=O) groups excluding carboxylic acids is 3. The quantitative estimate of drug-likeness (QED) is 0.541. The molecule has 1 aliphatic rings. The SMILES string of the molecule is O=C(Nc1ccccc1)c1cccc(/C=C2\CC(=O)N(c3ccccc3)C2=O)c1. The summed E-state index contributed by atoms with van der Waals surface area (Å²) in [5.74, 6) is -0.832. The second-order valence-corrected chi connectivity index (χ2v) is 6.66. The highest BCUT2D eigenvalue weighted by Crippen LogP contribution is 2.27. The van der Waals surface area contributed by atoms with Crippen LogP contribution in [0.3, 0.4) is 0 Å². The van der Waals surface area contributed by atoms with Crippen LogP contribution in [0, 0.1) is 0 Å². The zero-order valence-electron chi connectivity index (χ0n) is 15.5. The van der Waals surface area contributed by atoms with Crippen LogP contribution in [0.1, 0.15) is 22.3 Å². The molecule has 1 saturated heterocycles. The molecule has 4 rings (SSSR count). The third-order valence-corrected chi connectivity index (χ3v) is 4.60. The molecule has 0 aliphatic carbocycles. The first kappa shape index (κ1) is 18.4. The number of carbonyl (C=O) groups is 3. The maximum absolute atomic E-state index is 12.7. The van der Waals surface area contributed by atoms with Gasteiger partial charge in [0.25, 0.3) is 11.8 Å². The molecule has 0 atom stereocenters. The van der Waals surface area contributed by atoms with Crippen molar-refractivity contribution < 1.29 is 14.4 Å². The third kappa shape index (κ3) is 3.99. The van der Waals surface area contributed by atoms with E-state index in [4.69, 9.17) is 0 Å². The van der Waals surface area contributed by atoms with E-state index >= 15 is 0 Å². The second-order valence-electron chi connectivity index (χ2n) is 6.66. The minimum atomic E-state index is -0.333. The molecule has 142 valence electrons. The van der Waals surface area contributed by atoms with Gasteiger partial charge in [-0.2, -0.15) is 0 Å². The fourth-order valence-corrected chi connectivity index (χ4v) is 3.22. The number of benzene rings is 3. The number of imide groups is 1. The molecular formula is C24H18N2O3. The number of anilines is 2. The Balaban J connectivity index is 1.56. The summed E-state index contributed by atoms with van der Waals surface area (Å²) >= 11 is 0. The minimum Gasteiger partial charge on any atom is -0.322 e. The number of para-hydroxylation sites is 2. The fraction of sp³-hybridized carbons (Fsp3) is 0.0417. The molecule has 3 aromatic rings. The molecule has 0 aromatic heterocycles. The Hall–Kier alpha value is -3.99. The topological polar surface area (TPSA) is 66.5 Å². The van der Waals surface area contributed by atoms with Gasteiger partial charge in [0, 0.05) is 16.8 Å². The molecule has 0 unspecified atom stereocenters. The summed E-state index contributed by atoms with van der Waals surface area (Å²) in [6, 6.07) is 25.0. The lowest BCUT2D eigenvalue weighted by molar-refractivity contribution is -0.120. The molecular weight excluding hydrogens is 364 g/mol. The van der Waals surface area contributed by atoms with Gasteiger partial charge in [0.1, 0.15) is 0 Å². The summed E-state index contributed by atoms with van der Waals surface area (Å²) in [6.07, 6.45) is 1.70. The Labute approximate surface area is 168 Å². The van der Waals surface area contributed by atoms with Crippen LogP contribution in [-0.2, 0) is 9.59 Å². The van der Waals surface area contributed by atoms with Gasteiger partial charge in [-0.15, -0.1) is 0 Å². The molecule has 5 heteroatoms. The van der Waals surface area contributed by atoms with Gasteiger partial charge < -0.3 is 5.32 Å². The van der Waals surface area contributed by atoms with E-state index in [1.807, 2.05) is 36.4 Å². The van der Waals surface area contributed by atoms with Crippen molar-refractivity contribution in [3.63, 3.8) is 0 Å². The van der Waals surface area contributed by atoms with Gasteiger partial charge in [-0.3, -0.25) is 14.4 Å². The summed E-state index contributed by atoms with van der Waals surface area (Å²) in [7, 11) is 0. The maximum Gasteiger partial charge on any atom is 0.261 e. The van der Waals surface area contributed by atoms with E-state index in [0.717, 1.165) is 0 Å². The van der Waals surface area contributed by atoms with E-state index in [9.17, 15) is 14.4 Å². The Kier molecular flexibility index (Phi) is 5.03. The van der Waals surface area contributed by atoms with Crippen LogP contribution in [-0.4, -0.2) is 17.7 Å². The molecule has 0 spiro atoms. The van der Waals surface area contributed by atoms with E-state index in [0.29, 0.717) is 28.1 Å². The number of nitrogens with zero attached hydrogens (tertiary/aromatic N) is 1. The van der Waals surface area contributed by atoms with Gasteiger partial charge in [0.05, 0.1) is 12.1 Å². The number of hydrogen-bond acceptors (Lipinski definition) is 3. The van der Waals surface area contributed by atoms with Crippen LogP contribution in [0.4, 0.5) is 11.4 Å². The summed E-state index contributed by atoms with van der Waals surface area (Å²) in [4.78, 5) is 38.8. The van der Waals surface area contributed by atoms with Crippen molar-refractivity contribution in [2.24, 2.45) is 0 Å². The van der Waals surface area contributed by atoms with Crippen LogP contribution in [0.5, 0.6) is 0 Å². The van der Waals surface area contributed by atoms with Gasteiger partial charge in [-0.1, -0.05) is 48.5 Å². The molecule has 0 bridgehead atoms.